The number of nitrogens with two attached hydrogens (primary N) is 1. The fourth-order valence-electron chi connectivity index (χ4n) is 1.56. The van der Waals surface area contributed by atoms with Crippen molar-refractivity contribution in [1.29, 1.82) is 0 Å². The molecule has 0 aromatic carbocycles. The molecular formula is C10H14BrN5O2S2. The normalized spacial score (nSPS) is 11.9. The van der Waals surface area contributed by atoms with E-state index in [1.165, 1.54) is 11.3 Å². The van der Waals surface area contributed by atoms with E-state index in [9.17, 15) is 8.42 Å². The van der Waals surface area contributed by atoms with Crippen LogP contribution >= 0.6 is 27.3 Å². The van der Waals surface area contributed by atoms with Gasteiger partial charge in [0.25, 0.3) is 0 Å². The Bertz CT molecular complexity index is 653. The van der Waals surface area contributed by atoms with Crippen molar-refractivity contribution in [3.05, 3.63) is 27.1 Å². The van der Waals surface area contributed by atoms with Gasteiger partial charge in [-0.1, -0.05) is 5.21 Å². The topological polar surface area (TPSA) is 103 Å². The van der Waals surface area contributed by atoms with E-state index in [2.05, 4.69) is 31.0 Å². The lowest BCUT2D eigenvalue weighted by molar-refractivity contribution is 0.542. The molecule has 0 amide bonds. The standard InChI is InChI=1S/C10H14BrN5O2S2/c11-10-9(6-8(7-12)19-10)20(17,18)14-2-1-4-16-5-3-13-15-16/h3,5-6,14H,1-2,4,7,12H2. The molecule has 110 valence electrons. The van der Waals surface area contributed by atoms with Gasteiger partial charge in [-0.05, 0) is 28.4 Å². The van der Waals surface area contributed by atoms with Crippen LogP contribution in [0.4, 0.5) is 0 Å². The number of hydrogen-bond donors (Lipinski definition) is 2. The quantitative estimate of drug-likeness (QED) is 0.696. The Morgan fingerprint density at radius 3 is 2.90 bits per heavy atom. The van der Waals surface area contributed by atoms with E-state index < -0.39 is 10.0 Å². The molecule has 2 heterocycles. The largest absolute Gasteiger partial charge is 0.326 e. The Morgan fingerprint density at radius 1 is 1.50 bits per heavy atom. The number of aromatic nitrogens is 3. The van der Waals surface area contributed by atoms with E-state index in [0.717, 1.165) is 4.88 Å². The Hall–Kier alpha value is -0.810. The number of thiophene rings is 1. The van der Waals surface area contributed by atoms with E-state index >= 15 is 0 Å². The summed E-state index contributed by atoms with van der Waals surface area (Å²) >= 11 is 4.58. The molecular weight excluding hydrogens is 366 g/mol. The van der Waals surface area contributed by atoms with Crippen LogP contribution in [-0.2, 0) is 23.1 Å². The molecule has 2 aromatic rings. The van der Waals surface area contributed by atoms with Crippen molar-refractivity contribution >= 4 is 37.3 Å². The molecule has 0 aliphatic rings. The minimum atomic E-state index is -3.51. The second kappa shape index (κ2) is 6.76. The number of nitrogens with one attached hydrogen (secondary N) is 1. The zero-order valence-corrected chi connectivity index (χ0v) is 13.7. The van der Waals surface area contributed by atoms with E-state index in [1.54, 1.807) is 23.1 Å². The van der Waals surface area contributed by atoms with Crippen molar-refractivity contribution in [2.75, 3.05) is 6.54 Å². The maximum absolute atomic E-state index is 12.1. The highest BCUT2D eigenvalue weighted by Gasteiger charge is 2.20. The summed E-state index contributed by atoms with van der Waals surface area (Å²) in [5.74, 6) is 0. The number of halogens is 1. The van der Waals surface area contributed by atoms with Gasteiger partial charge in [0.2, 0.25) is 10.0 Å². The third-order valence-electron chi connectivity index (χ3n) is 2.53. The van der Waals surface area contributed by atoms with Gasteiger partial charge in [-0.2, -0.15) is 0 Å². The molecule has 0 bridgehead atoms. The molecule has 0 atom stereocenters. The fraction of sp³-hybridized carbons (Fsp3) is 0.400. The Kier molecular flexibility index (Phi) is 5.27. The van der Waals surface area contributed by atoms with Gasteiger partial charge in [-0.3, -0.25) is 4.68 Å². The molecule has 0 spiro atoms. The van der Waals surface area contributed by atoms with Crippen molar-refractivity contribution in [2.24, 2.45) is 5.73 Å². The van der Waals surface area contributed by atoms with Crippen LogP contribution in [0.3, 0.4) is 0 Å². The number of hydrogen-bond acceptors (Lipinski definition) is 6. The molecule has 10 heteroatoms. The molecule has 0 fully saturated rings. The Balaban J connectivity index is 1.91. The van der Waals surface area contributed by atoms with E-state index in [0.29, 0.717) is 29.8 Å². The van der Waals surface area contributed by atoms with Crippen LogP contribution in [-0.4, -0.2) is 30.0 Å². The number of aryl methyl sites for hydroxylation is 1. The second-order valence-electron chi connectivity index (χ2n) is 3.97. The molecule has 0 aliphatic carbocycles. The van der Waals surface area contributed by atoms with Crippen LogP contribution in [0.1, 0.15) is 11.3 Å². The van der Waals surface area contributed by atoms with Crippen LogP contribution in [0.25, 0.3) is 0 Å². The summed E-state index contributed by atoms with van der Waals surface area (Å²) in [6.07, 6.45) is 3.95. The van der Waals surface area contributed by atoms with Gasteiger partial charge in [-0.25, -0.2) is 13.1 Å². The van der Waals surface area contributed by atoms with Crippen molar-refractivity contribution in [3.8, 4) is 0 Å². The summed E-state index contributed by atoms with van der Waals surface area (Å²) in [6, 6.07) is 1.59. The lowest BCUT2D eigenvalue weighted by Gasteiger charge is -2.05. The predicted molar refractivity (Wildman–Crippen MR) is 79.7 cm³/mol. The average Bonchev–Trinajstić information content (AvgIpc) is 3.04. The lowest BCUT2D eigenvalue weighted by Crippen LogP contribution is -2.25. The summed E-state index contributed by atoms with van der Waals surface area (Å²) in [5.41, 5.74) is 5.51. The number of nitrogens with zero attached hydrogens (tertiary/aromatic N) is 3. The lowest BCUT2D eigenvalue weighted by atomic mass is 10.4. The summed E-state index contributed by atoms with van der Waals surface area (Å²) in [7, 11) is -3.51. The van der Waals surface area contributed by atoms with Crippen LogP contribution in [0.15, 0.2) is 27.1 Å². The molecule has 7 nitrogen and oxygen atoms in total. The van der Waals surface area contributed by atoms with E-state index in [1.807, 2.05) is 0 Å². The minimum Gasteiger partial charge on any atom is -0.326 e. The minimum absolute atomic E-state index is 0.240. The maximum atomic E-state index is 12.1. The van der Waals surface area contributed by atoms with Gasteiger partial charge < -0.3 is 5.73 Å². The molecule has 3 N–H and O–H groups in total. The van der Waals surface area contributed by atoms with Crippen LogP contribution in [0, 0.1) is 0 Å². The van der Waals surface area contributed by atoms with Crippen molar-refractivity contribution in [1.82, 2.24) is 19.7 Å². The highest BCUT2D eigenvalue weighted by atomic mass is 79.9. The van der Waals surface area contributed by atoms with E-state index in [4.69, 9.17) is 5.73 Å². The Labute approximate surface area is 129 Å². The maximum Gasteiger partial charge on any atom is 0.242 e. The highest BCUT2D eigenvalue weighted by molar-refractivity contribution is 9.11. The first kappa shape index (κ1) is 15.6. The summed E-state index contributed by atoms with van der Waals surface area (Å²) < 4.78 is 29.1. The third-order valence-corrected chi connectivity index (χ3v) is 6.26. The van der Waals surface area contributed by atoms with Crippen molar-refractivity contribution < 1.29 is 8.42 Å². The molecule has 0 radical (unpaired) electrons. The number of sulfonamides is 1. The first-order valence-electron chi connectivity index (χ1n) is 5.85. The van der Waals surface area contributed by atoms with Gasteiger partial charge in [0.15, 0.2) is 0 Å². The molecule has 0 saturated carbocycles. The zero-order chi connectivity index (χ0) is 14.6. The van der Waals surface area contributed by atoms with Gasteiger partial charge in [0, 0.05) is 30.7 Å². The van der Waals surface area contributed by atoms with Gasteiger partial charge in [0.05, 0.1) is 9.98 Å². The van der Waals surface area contributed by atoms with Crippen molar-refractivity contribution in [3.63, 3.8) is 0 Å². The Morgan fingerprint density at radius 2 is 2.30 bits per heavy atom. The summed E-state index contributed by atoms with van der Waals surface area (Å²) in [5, 5.41) is 7.49. The van der Waals surface area contributed by atoms with Gasteiger partial charge in [-0.15, -0.1) is 16.4 Å². The molecule has 2 aromatic heterocycles. The monoisotopic (exact) mass is 379 g/mol. The van der Waals surface area contributed by atoms with Gasteiger partial charge >= 0.3 is 0 Å². The molecule has 0 saturated heterocycles. The molecule has 2 rings (SSSR count). The molecule has 20 heavy (non-hydrogen) atoms. The summed E-state index contributed by atoms with van der Waals surface area (Å²) in [6.45, 7) is 1.27. The summed E-state index contributed by atoms with van der Waals surface area (Å²) in [4.78, 5) is 1.06. The molecule has 0 unspecified atom stereocenters. The van der Waals surface area contributed by atoms with E-state index in [-0.39, 0.29) is 4.90 Å². The first-order valence-corrected chi connectivity index (χ1v) is 8.94. The second-order valence-corrected chi connectivity index (χ2v) is 8.16. The van der Waals surface area contributed by atoms with Crippen molar-refractivity contribution in [2.45, 2.75) is 24.4 Å². The first-order chi connectivity index (χ1) is 9.53. The molecule has 0 aliphatic heterocycles. The van der Waals surface area contributed by atoms with Crippen LogP contribution in [0.2, 0.25) is 0 Å². The smallest absolute Gasteiger partial charge is 0.242 e. The fourth-order valence-corrected chi connectivity index (χ4v) is 5.19. The average molecular weight is 380 g/mol. The third kappa shape index (κ3) is 3.85. The highest BCUT2D eigenvalue weighted by Crippen LogP contribution is 2.31. The number of rotatable bonds is 7. The van der Waals surface area contributed by atoms with Gasteiger partial charge in [0.1, 0.15) is 4.90 Å². The predicted octanol–water partition coefficient (Wildman–Crippen LogP) is 0.929. The zero-order valence-electron chi connectivity index (χ0n) is 10.5. The van der Waals surface area contributed by atoms with Crippen LogP contribution in [0.5, 0.6) is 0 Å². The van der Waals surface area contributed by atoms with Crippen LogP contribution < -0.4 is 10.5 Å². The SMILES string of the molecule is NCc1cc(S(=O)(=O)NCCCn2ccnn2)c(Br)s1.